The Hall–Kier alpha value is -2.28. The van der Waals surface area contributed by atoms with Gasteiger partial charge in [-0.3, -0.25) is 0 Å². The molecule has 1 N–H and O–H groups in total. The van der Waals surface area contributed by atoms with E-state index in [9.17, 15) is 0 Å². The van der Waals surface area contributed by atoms with E-state index in [0.717, 1.165) is 33.9 Å². The minimum atomic E-state index is 0.208. The quantitative estimate of drug-likeness (QED) is 0.697. The van der Waals surface area contributed by atoms with Crippen molar-refractivity contribution in [2.45, 2.75) is 19.4 Å². The molecule has 0 saturated heterocycles. The molecule has 6 nitrogen and oxygen atoms in total. The lowest BCUT2D eigenvalue weighted by Gasteiger charge is -2.16. The molecule has 3 rings (SSSR count). The van der Waals surface area contributed by atoms with Crippen LogP contribution in [-0.2, 0) is 6.42 Å². The topological polar surface area (TPSA) is 60.7 Å². The fraction of sp³-hybridized carbons (Fsp3) is 0.294. The first kappa shape index (κ1) is 16.6. The van der Waals surface area contributed by atoms with E-state index in [-0.39, 0.29) is 6.04 Å². The first-order chi connectivity index (χ1) is 11.6. The minimum absolute atomic E-state index is 0.208. The second-order valence-electron chi connectivity index (χ2n) is 5.51. The zero-order valence-electron chi connectivity index (χ0n) is 13.8. The Labute approximate surface area is 148 Å². The van der Waals surface area contributed by atoms with Crippen LogP contribution in [0.3, 0.4) is 0 Å². The highest BCUT2D eigenvalue weighted by molar-refractivity contribution is 9.10. The van der Waals surface area contributed by atoms with Crippen molar-refractivity contribution in [3.63, 3.8) is 0 Å². The van der Waals surface area contributed by atoms with E-state index in [1.807, 2.05) is 30.5 Å². The molecule has 126 valence electrons. The first-order valence-corrected chi connectivity index (χ1v) is 8.37. The fourth-order valence-electron chi connectivity index (χ4n) is 2.59. The van der Waals surface area contributed by atoms with Crippen LogP contribution in [0.5, 0.6) is 11.5 Å². The number of anilines is 1. The molecule has 0 amide bonds. The van der Waals surface area contributed by atoms with Gasteiger partial charge in [-0.05, 0) is 53.0 Å². The average Bonchev–Trinajstić information content (AvgIpc) is 2.95. The molecule has 0 fully saturated rings. The van der Waals surface area contributed by atoms with Gasteiger partial charge in [0.2, 0.25) is 0 Å². The van der Waals surface area contributed by atoms with Crippen molar-refractivity contribution in [2.24, 2.45) is 0 Å². The van der Waals surface area contributed by atoms with Crippen LogP contribution in [0.25, 0.3) is 5.65 Å². The molecule has 0 bridgehead atoms. The van der Waals surface area contributed by atoms with Crippen LogP contribution in [0.15, 0.2) is 41.1 Å². The van der Waals surface area contributed by atoms with Gasteiger partial charge in [0.1, 0.15) is 5.82 Å². The number of nitrogens with zero attached hydrogens (tertiary/aromatic N) is 3. The van der Waals surface area contributed by atoms with E-state index in [2.05, 4.69) is 38.3 Å². The summed E-state index contributed by atoms with van der Waals surface area (Å²) in [6.07, 6.45) is 4.46. The van der Waals surface area contributed by atoms with E-state index in [1.165, 1.54) is 5.56 Å². The Morgan fingerprint density at radius 3 is 2.75 bits per heavy atom. The van der Waals surface area contributed by atoms with Gasteiger partial charge in [-0.25, -0.2) is 9.50 Å². The van der Waals surface area contributed by atoms with Gasteiger partial charge in [-0.1, -0.05) is 6.07 Å². The number of halogens is 1. The highest BCUT2D eigenvalue weighted by Crippen LogP contribution is 2.28. The van der Waals surface area contributed by atoms with Crippen LogP contribution in [0, 0.1) is 0 Å². The lowest BCUT2D eigenvalue weighted by Crippen LogP contribution is -2.19. The van der Waals surface area contributed by atoms with Crippen LogP contribution < -0.4 is 14.8 Å². The van der Waals surface area contributed by atoms with E-state index >= 15 is 0 Å². The second kappa shape index (κ2) is 7.09. The highest BCUT2D eigenvalue weighted by atomic mass is 79.9. The Kier molecular flexibility index (Phi) is 4.89. The monoisotopic (exact) mass is 390 g/mol. The van der Waals surface area contributed by atoms with Crippen LogP contribution >= 0.6 is 15.9 Å². The molecular formula is C17H19BrN4O2. The van der Waals surface area contributed by atoms with Gasteiger partial charge in [-0.15, -0.1) is 0 Å². The molecule has 2 heterocycles. The van der Waals surface area contributed by atoms with Gasteiger partial charge in [0.15, 0.2) is 17.1 Å². The summed E-state index contributed by atoms with van der Waals surface area (Å²) in [5, 5.41) is 7.62. The van der Waals surface area contributed by atoms with Gasteiger partial charge in [0, 0.05) is 12.2 Å². The molecule has 1 unspecified atom stereocenters. The summed E-state index contributed by atoms with van der Waals surface area (Å²) in [4.78, 5) is 4.58. The number of hydrogen-bond donors (Lipinski definition) is 1. The summed E-state index contributed by atoms with van der Waals surface area (Å²) in [5.41, 5.74) is 1.96. The van der Waals surface area contributed by atoms with Crippen molar-refractivity contribution in [1.29, 1.82) is 0 Å². The lowest BCUT2D eigenvalue weighted by molar-refractivity contribution is 0.354. The lowest BCUT2D eigenvalue weighted by atomic mass is 10.1. The molecule has 0 saturated carbocycles. The fourth-order valence-corrected chi connectivity index (χ4v) is 2.95. The maximum absolute atomic E-state index is 5.36. The maximum atomic E-state index is 5.36. The molecule has 0 radical (unpaired) electrons. The predicted octanol–water partition coefficient (Wildman–Crippen LogP) is 3.55. The molecular weight excluding hydrogens is 372 g/mol. The Balaban J connectivity index is 1.72. The number of ether oxygens (including phenoxy) is 2. The van der Waals surface area contributed by atoms with Gasteiger partial charge in [0.25, 0.3) is 0 Å². The molecule has 7 heteroatoms. The molecule has 0 aliphatic rings. The normalized spacial score (nSPS) is 12.2. The summed E-state index contributed by atoms with van der Waals surface area (Å²) < 4.78 is 13.2. The van der Waals surface area contributed by atoms with Crippen molar-refractivity contribution >= 4 is 27.4 Å². The van der Waals surface area contributed by atoms with E-state index < -0.39 is 0 Å². The van der Waals surface area contributed by atoms with Crippen molar-refractivity contribution < 1.29 is 9.47 Å². The van der Waals surface area contributed by atoms with Gasteiger partial charge >= 0.3 is 0 Å². The number of fused-ring (bicyclic) bond motifs is 1. The third-order valence-corrected chi connectivity index (χ3v) is 4.27. The van der Waals surface area contributed by atoms with Crippen molar-refractivity contribution in [2.75, 3.05) is 19.5 Å². The van der Waals surface area contributed by atoms with Crippen LogP contribution in [0.2, 0.25) is 0 Å². The molecule has 24 heavy (non-hydrogen) atoms. The van der Waals surface area contributed by atoms with E-state index in [1.54, 1.807) is 24.9 Å². The largest absolute Gasteiger partial charge is 0.493 e. The molecule has 2 aromatic heterocycles. The van der Waals surface area contributed by atoms with Crippen LogP contribution in [0.4, 0.5) is 5.82 Å². The van der Waals surface area contributed by atoms with Crippen molar-refractivity contribution in [1.82, 2.24) is 14.6 Å². The number of benzene rings is 1. The molecule has 0 spiro atoms. The number of rotatable bonds is 6. The van der Waals surface area contributed by atoms with Crippen LogP contribution in [-0.4, -0.2) is 34.9 Å². The smallest absolute Gasteiger partial charge is 0.171 e. The number of aromatic nitrogens is 3. The van der Waals surface area contributed by atoms with Gasteiger partial charge < -0.3 is 14.8 Å². The summed E-state index contributed by atoms with van der Waals surface area (Å²) in [6.45, 7) is 2.12. The van der Waals surface area contributed by atoms with Crippen molar-refractivity contribution in [3.05, 3.63) is 46.7 Å². The predicted molar refractivity (Wildman–Crippen MR) is 97.0 cm³/mol. The SMILES string of the molecule is COc1ccc(CC(C)Nc2ccn3ncc(Br)c3n2)cc1OC. The molecule has 0 aliphatic carbocycles. The zero-order valence-corrected chi connectivity index (χ0v) is 15.4. The third-order valence-electron chi connectivity index (χ3n) is 3.71. The molecule has 1 atom stereocenters. The number of nitrogens with one attached hydrogen (secondary N) is 1. The second-order valence-corrected chi connectivity index (χ2v) is 6.37. The summed E-state index contributed by atoms with van der Waals surface area (Å²) >= 11 is 3.45. The van der Waals surface area contributed by atoms with E-state index in [0.29, 0.717) is 0 Å². The van der Waals surface area contributed by atoms with Crippen molar-refractivity contribution in [3.8, 4) is 11.5 Å². The molecule has 3 aromatic rings. The summed E-state index contributed by atoms with van der Waals surface area (Å²) in [5.74, 6) is 2.29. The van der Waals surface area contributed by atoms with E-state index in [4.69, 9.17) is 9.47 Å². The average molecular weight is 391 g/mol. The Morgan fingerprint density at radius 1 is 1.21 bits per heavy atom. The van der Waals surface area contributed by atoms with Gasteiger partial charge in [-0.2, -0.15) is 5.10 Å². The molecule has 0 aliphatic heterocycles. The number of methoxy groups -OCH3 is 2. The summed E-state index contributed by atoms with van der Waals surface area (Å²) in [7, 11) is 3.28. The Morgan fingerprint density at radius 2 is 2.00 bits per heavy atom. The van der Waals surface area contributed by atoms with Crippen LogP contribution in [0.1, 0.15) is 12.5 Å². The van der Waals surface area contributed by atoms with Gasteiger partial charge in [0.05, 0.1) is 24.9 Å². The minimum Gasteiger partial charge on any atom is -0.493 e. The number of hydrogen-bond acceptors (Lipinski definition) is 5. The first-order valence-electron chi connectivity index (χ1n) is 7.58. The standard InChI is InChI=1S/C17H19BrN4O2/c1-11(8-12-4-5-14(23-2)15(9-12)24-3)20-16-6-7-22-17(21-16)13(18)10-19-22/h4-7,9-11H,8H2,1-3H3,(H,20,21). The highest BCUT2D eigenvalue weighted by Gasteiger charge is 2.10. The summed E-state index contributed by atoms with van der Waals surface area (Å²) in [6, 6.07) is 8.09. The Bertz CT molecular complexity index is 850. The zero-order chi connectivity index (χ0) is 17.1. The maximum Gasteiger partial charge on any atom is 0.171 e. The third kappa shape index (κ3) is 3.46. The molecule has 1 aromatic carbocycles.